The third-order valence-electron chi connectivity index (χ3n) is 2.23. The van der Waals surface area contributed by atoms with Crippen molar-refractivity contribution >= 4 is 17.2 Å². The second kappa shape index (κ2) is 6.05. The highest BCUT2D eigenvalue weighted by Gasteiger charge is 2.09. The summed E-state index contributed by atoms with van der Waals surface area (Å²) in [6.07, 6.45) is 1.47. The number of amides is 1. The first-order valence-electron chi connectivity index (χ1n) is 5.38. The third kappa shape index (κ3) is 3.00. The minimum Gasteiger partial charge on any atom is -0.459 e. The number of nitrogens with two attached hydrogens (primary N) is 1. The molecule has 0 fully saturated rings. The van der Waals surface area contributed by atoms with E-state index in [-0.39, 0.29) is 5.91 Å². The fraction of sp³-hybridized carbons (Fsp3) is 0.154. The third-order valence-corrected chi connectivity index (χ3v) is 3.15. The molecule has 0 aliphatic rings. The first-order chi connectivity index (χ1) is 8.81. The number of furan rings is 1. The van der Waals surface area contributed by atoms with E-state index in [9.17, 15) is 4.79 Å². The Bertz CT molecular complexity index is 576. The first-order valence-corrected chi connectivity index (χ1v) is 6.26. The lowest BCUT2D eigenvalue weighted by atomic mass is 10.2. The summed E-state index contributed by atoms with van der Waals surface area (Å²) in [4.78, 5) is 12.7. The fourth-order valence-corrected chi connectivity index (χ4v) is 2.16. The van der Waals surface area contributed by atoms with Crippen LogP contribution >= 0.6 is 11.3 Å². The summed E-state index contributed by atoms with van der Waals surface area (Å²) in [5.74, 6) is 5.85. The molecule has 3 N–H and O–H groups in total. The minimum atomic E-state index is -0.230. The van der Waals surface area contributed by atoms with E-state index in [1.165, 1.54) is 6.26 Å². The quantitative estimate of drug-likeness (QED) is 0.823. The van der Waals surface area contributed by atoms with Crippen molar-refractivity contribution in [3.63, 3.8) is 0 Å². The van der Waals surface area contributed by atoms with E-state index < -0.39 is 0 Å². The van der Waals surface area contributed by atoms with Crippen LogP contribution < -0.4 is 11.1 Å². The molecular formula is C13H12N2O2S. The second-order valence-corrected chi connectivity index (χ2v) is 4.42. The van der Waals surface area contributed by atoms with Gasteiger partial charge in [-0.25, -0.2) is 0 Å². The van der Waals surface area contributed by atoms with Crippen molar-refractivity contribution in [1.29, 1.82) is 0 Å². The van der Waals surface area contributed by atoms with Crippen molar-refractivity contribution in [3.8, 4) is 11.8 Å². The van der Waals surface area contributed by atoms with Crippen LogP contribution in [0.3, 0.4) is 0 Å². The number of thiophene rings is 1. The summed E-state index contributed by atoms with van der Waals surface area (Å²) >= 11 is 1.55. The van der Waals surface area contributed by atoms with Crippen molar-refractivity contribution in [2.75, 3.05) is 6.54 Å². The number of hydrogen-bond donors (Lipinski definition) is 2. The number of hydrogen-bond acceptors (Lipinski definition) is 4. The van der Waals surface area contributed by atoms with Crippen LogP contribution in [0.5, 0.6) is 0 Å². The molecule has 0 saturated carbocycles. The van der Waals surface area contributed by atoms with Gasteiger partial charge < -0.3 is 15.5 Å². The molecule has 2 aromatic heterocycles. The fourth-order valence-electron chi connectivity index (χ4n) is 1.39. The van der Waals surface area contributed by atoms with Crippen LogP contribution in [-0.2, 0) is 6.54 Å². The van der Waals surface area contributed by atoms with Crippen molar-refractivity contribution in [3.05, 3.63) is 46.0 Å². The Balaban J connectivity index is 1.98. The topological polar surface area (TPSA) is 68.3 Å². The largest absolute Gasteiger partial charge is 0.459 e. The normalized spacial score (nSPS) is 9.61. The summed E-state index contributed by atoms with van der Waals surface area (Å²) in [6, 6.07) is 5.22. The monoisotopic (exact) mass is 260 g/mol. The molecule has 0 saturated heterocycles. The first kappa shape index (κ1) is 12.4. The summed E-state index contributed by atoms with van der Waals surface area (Å²) in [5.41, 5.74) is 6.24. The van der Waals surface area contributed by atoms with Crippen LogP contribution in [-0.4, -0.2) is 12.5 Å². The molecule has 1 amide bonds. The number of nitrogens with one attached hydrogen (secondary N) is 1. The van der Waals surface area contributed by atoms with Crippen LogP contribution in [0.2, 0.25) is 0 Å². The van der Waals surface area contributed by atoms with E-state index in [4.69, 9.17) is 10.2 Å². The van der Waals surface area contributed by atoms with Gasteiger partial charge in [-0.05, 0) is 23.6 Å². The summed E-state index contributed by atoms with van der Waals surface area (Å²) in [7, 11) is 0. The summed E-state index contributed by atoms with van der Waals surface area (Å²) in [5, 5.41) is 4.72. The van der Waals surface area contributed by atoms with Gasteiger partial charge in [0.2, 0.25) is 0 Å². The van der Waals surface area contributed by atoms with E-state index in [0.29, 0.717) is 18.8 Å². The van der Waals surface area contributed by atoms with Crippen LogP contribution in [0.25, 0.3) is 0 Å². The lowest BCUT2D eigenvalue weighted by Gasteiger charge is -2.01. The molecule has 18 heavy (non-hydrogen) atoms. The molecule has 0 aliphatic heterocycles. The minimum absolute atomic E-state index is 0.230. The maximum atomic E-state index is 11.7. The van der Waals surface area contributed by atoms with Gasteiger partial charge in [-0.3, -0.25) is 4.79 Å². The van der Waals surface area contributed by atoms with Crippen LogP contribution in [0, 0.1) is 11.8 Å². The van der Waals surface area contributed by atoms with Crippen molar-refractivity contribution in [2.45, 2.75) is 6.54 Å². The molecule has 0 aliphatic carbocycles. The molecule has 2 rings (SSSR count). The molecule has 4 nitrogen and oxygen atoms in total. The predicted octanol–water partition coefficient (Wildman–Crippen LogP) is 1.58. The SMILES string of the molecule is NCC#Cc1ccsc1CNC(=O)c1ccco1. The molecule has 0 aromatic carbocycles. The lowest BCUT2D eigenvalue weighted by Crippen LogP contribution is -2.22. The van der Waals surface area contributed by atoms with E-state index in [0.717, 1.165) is 10.4 Å². The highest BCUT2D eigenvalue weighted by molar-refractivity contribution is 7.10. The molecule has 0 radical (unpaired) electrons. The van der Waals surface area contributed by atoms with Gasteiger partial charge in [0.25, 0.3) is 5.91 Å². The molecule has 0 bridgehead atoms. The molecular weight excluding hydrogens is 248 g/mol. The van der Waals surface area contributed by atoms with Crippen molar-refractivity contribution in [1.82, 2.24) is 5.32 Å². The van der Waals surface area contributed by atoms with Gasteiger partial charge >= 0.3 is 0 Å². The van der Waals surface area contributed by atoms with Gasteiger partial charge in [-0.15, -0.1) is 11.3 Å². The van der Waals surface area contributed by atoms with Crippen LogP contribution in [0.1, 0.15) is 21.0 Å². The molecule has 2 heterocycles. The van der Waals surface area contributed by atoms with Gasteiger partial charge in [-0.1, -0.05) is 11.8 Å². The highest BCUT2D eigenvalue weighted by atomic mass is 32.1. The van der Waals surface area contributed by atoms with Crippen LogP contribution in [0.15, 0.2) is 34.3 Å². The van der Waals surface area contributed by atoms with Crippen LogP contribution in [0.4, 0.5) is 0 Å². The van der Waals surface area contributed by atoms with Gasteiger partial charge in [0.1, 0.15) is 0 Å². The Morgan fingerprint density at radius 3 is 3.11 bits per heavy atom. The maximum absolute atomic E-state index is 11.7. The number of carbonyl (C=O) groups is 1. The van der Waals surface area contributed by atoms with E-state index in [1.54, 1.807) is 23.5 Å². The van der Waals surface area contributed by atoms with E-state index in [2.05, 4.69) is 17.2 Å². The maximum Gasteiger partial charge on any atom is 0.287 e. The molecule has 0 unspecified atom stereocenters. The Morgan fingerprint density at radius 1 is 1.50 bits per heavy atom. The summed E-state index contributed by atoms with van der Waals surface area (Å²) < 4.78 is 5.01. The lowest BCUT2D eigenvalue weighted by molar-refractivity contribution is 0.0923. The van der Waals surface area contributed by atoms with E-state index in [1.807, 2.05) is 11.4 Å². The number of carbonyl (C=O) groups excluding carboxylic acids is 1. The smallest absolute Gasteiger partial charge is 0.287 e. The Hall–Kier alpha value is -2.03. The van der Waals surface area contributed by atoms with Gasteiger partial charge in [-0.2, -0.15) is 0 Å². The van der Waals surface area contributed by atoms with Gasteiger partial charge in [0.15, 0.2) is 5.76 Å². The highest BCUT2D eigenvalue weighted by Crippen LogP contribution is 2.15. The standard InChI is InChI=1S/C13H12N2O2S/c14-6-1-3-10-5-8-18-12(10)9-15-13(16)11-4-2-7-17-11/h2,4-5,7-8H,6,9,14H2,(H,15,16). The Kier molecular flexibility index (Phi) is 4.18. The Morgan fingerprint density at radius 2 is 2.39 bits per heavy atom. The molecule has 0 atom stereocenters. The number of rotatable bonds is 3. The molecule has 0 spiro atoms. The molecule has 2 aromatic rings. The second-order valence-electron chi connectivity index (χ2n) is 3.42. The van der Waals surface area contributed by atoms with Gasteiger partial charge in [0, 0.05) is 10.4 Å². The zero-order valence-electron chi connectivity index (χ0n) is 9.60. The zero-order valence-corrected chi connectivity index (χ0v) is 10.4. The van der Waals surface area contributed by atoms with E-state index >= 15 is 0 Å². The molecule has 92 valence electrons. The predicted molar refractivity (Wildman–Crippen MR) is 70.1 cm³/mol. The molecule has 5 heteroatoms. The average molecular weight is 260 g/mol. The zero-order chi connectivity index (χ0) is 12.8. The average Bonchev–Trinajstić information content (AvgIpc) is 3.04. The summed E-state index contributed by atoms with van der Waals surface area (Å²) in [6.45, 7) is 0.764. The van der Waals surface area contributed by atoms with Gasteiger partial charge in [0.05, 0.1) is 19.4 Å². The van der Waals surface area contributed by atoms with Crippen molar-refractivity contribution < 1.29 is 9.21 Å². The Labute approximate surface area is 109 Å². The van der Waals surface area contributed by atoms with Crippen molar-refractivity contribution in [2.24, 2.45) is 5.73 Å².